The average Bonchev–Trinajstić information content (AvgIpc) is 2.46. The van der Waals surface area contributed by atoms with Crippen LogP contribution in [-0.2, 0) is 5.41 Å². The molecule has 1 amide bonds. The molecule has 20 heavy (non-hydrogen) atoms. The Labute approximate surface area is 123 Å². The third-order valence-corrected chi connectivity index (χ3v) is 3.27. The van der Waals surface area contributed by atoms with Crippen molar-refractivity contribution < 1.29 is 4.79 Å². The van der Waals surface area contributed by atoms with Gasteiger partial charge in [-0.3, -0.25) is 9.78 Å². The lowest BCUT2D eigenvalue weighted by Crippen LogP contribution is -2.37. The molecule has 0 saturated heterocycles. The van der Waals surface area contributed by atoms with E-state index in [2.05, 4.69) is 29.1 Å². The molecule has 4 nitrogen and oxygen atoms in total. The lowest BCUT2D eigenvalue weighted by molar-refractivity contribution is 0.0940. The minimum absolute atomic E-state index is 0.164. The molecule has 0 fully saturated rings. The lowest BCUT2D eigenvalue weighted by Gasteiger charge is -2.25. The number of nitrogens with one attached hydrogen (secondary N) is 1. The van der Waals surface area contributed by atoms with Crippen molar-refractivity contribution in [3.05, 3.63) is 59.1 Å². The van der Waals surface area contributed by atoms with Crippen LogP contribution in [-0.4, -0.2) is 22.4 Å². The number of hydrogen-bond donors (Lipinski definition) is 1. The number of amides is 1. The molecule has 1 N–H and O–H groups in total. The SMILES string of the molecule is CC(C)(CNC(=O)c1cncc(Cl)n1)c1ccccc1. The van der Waals surface area contributed by atoms with Crippen LogP contribution in [0.4, 0.5) is 0 Å². The molecule has 0 radical (unpaired) electrons. The first-order chi connectivity index (χ1) is 9.49. The van der Waals surface area contributed by atoms with Crippen molar-refractivity contribution in [3.63, 3.8) is 0 Å². The Hall–Kier alpha value is -1.94. The second kappa shape index (κ2) is 6.01. The first-order valence-electron chi connectivity index (χ1n) is 6.30. The van der Waals surface area contributed by atoms with Gasteiger partial charge in [-0.2, -0.15) is 0 Å². The molecule has 5 heteroatoms. The van der Waals surface area contributed by atoms with Gasteiger partial charge in [0.05, 0.1) is 12.4 Å². The molecule has 0 aliphatic heterocycles. The summed E-state index contributed by atoms with van der Waals surface area (Å²) in [6.45, 7) is 4.66. The molecule has 0 atom stereocenters. The molecular formula is C15H16ClN3O. The maximum atomic E-state index is 12.0. The van der Waals surface area contributed by atoms with Gasteiger partial charge in [-0.05, 0) is 5.56 Å². The van der Waals surface area contributed by atoms with E-state index in [9.17, 15) is 4.79 Å². The summed E-state index contributed by atoms with van der Waals surface area (Å²) in [4.78, 5) is 19.8. The van der Waals surface area contributed by atoms with Crippen LogP contribution in [0.2, 0.25) is 5.15 Å². The summed E-state index contributed by atoms with van der Waals surface area (Å²) in [5, 5.41) is 3.07. The number of benzene rings is 1. The van der Waals surface area contributed by atoms with Crippen LogP contribution in [0, 0.1) is 0 Å². The average molecular weight is 290 g/mol. The molecule has 0 bridgehead atoms. The van der Waals surface area contributed by atoms with Crippen LogP contribution in [0.15, 0.2) is 42.7 Å². The summed E-state index contributed by atoms with van der Waals surface area (Å²) in [6, 6.07) is 10.0. The van der Waals surface area contributed by atoms with E-state index in [-0.39, 0.29) is 22.2 Å². The van der Waals surface area contributed by atoms with E-state index in [0.29, 0.717) is 6.54 Å². The van der Waals surface area contributed by atoms with E-state index >= 15 is 0 Å². The zero-order chi connectivity index (χ0) is 14.6. The topological polar surface area (TPSA) is 54.9 Å². The van der Waals surface area contributed by atoms with Gasteiger partial charge in [0.2, 0.25) is 0 Å². The largest absolute Gasteiger partial charge is 0.350 e. The van der Waals surface area contributed by atoms with Gasteiger partial charge in [0, 0.05) is 12.0 Å². The van der Waals surface area contributed by atoms with Crippen molar-refractivity contribution in [1.29, 1.82) is 0 Å². The molecule has 0 aliphatic rings. The number of hydrogen-bond acceptors (Lipinski definition) is 3. The summed E-state index contributed by atoms with van der Waals surface area (Å²) in [5.41, 5.74) is 1.22. The first-order valence-corrected chi connectivity index (χ1v) is 6.68. The number of nitrogens with zero attached hydrogens (tertiary/aromatic N) is 2. The maximum Gasteiger partial charge on any atom is 0.271 e. The van der Waals surface area contributed by atoms with E-state index in [1.807, 2.05) is 30.3 Å². The molecule has 0 saturated carbocycles. The van der Waals surface area contributed by atoms with Gasteiger partial charge < -0.3 is 5.32 Å². The smallest absolute Gasteiger partial charge is 0.271 e. The Morgan fingerprint density at radius 2 is 1.95 bits per heavy atom. The highest BCUT2D eigenvalue weighted by Crippen LogP contribution is 2.21. The summed E-state index contributed by atoms with van der Waals surface area (Å²) >= 11 is 5.72. The van der Waals surface area contributed by atoms with Gasteiger partial charge in [0.15, 0.2) is 0 Å². The van der Waals surface area contributed by atoms with Crippen molar-refractivity contribution in [3.8, 4) is 0 Å². The van der Waals surface area contributed by atoms with Crippen molar-refractivity contribution in [1.82, 2.24) is 15.3 Å². The fourth-order valence-electron chi connectivity index (χ4n) is 1.83. The molecule has 2 rings (SSSR count). The molecule has 1 heterocycles. The molecule has 1 aromatic carbocycles. The molecule has 1 aromatic heterocycles. The van der Waals surface area contributed by atoms with Crippen molar-refractivity contribution >= 4 is 17.5 Å². The monoisotopic (exact) mass is 289 g/mol. The Kier molecular flexibility index (Phi) is 4.35. The number of halogens is 1. The van der Waals surface area contributed by atoms with Gasteiger partial charge in [-0.1, -0.05) is 55.8 Å². The second-order valence-corrected chi connectivity index (χ2v) is 5.55. The van der Waals surface area contributed by atoms with Gasteiger partial charge in [0.1, 0.15) is 10.8 Å². The highest BCUT2D eigenvalue weighted by atomic mass is 35.5. The van der Waals surface area contributed by atoms with Crippen LogP contribution in [0.1, 0.15) is 29.9 Å². The molecule has 0 spiro atoms. The fraction of sp³-hybridized carbons (Fsp3) is 0.267. The predicted molar refractivity (Wildman–Crippen MR) is 78.8 cm³/mol. The molecule has 104 valence electrons. The van der Waals surface area contributed by atoms with Crippen molar-refractivity contribution in [2.45, 2.75) is 19.3 Å². The number of carbonyl (C=O) groups excluding carboxylic acids is 1. The van der Waals surface area contributed by atoms with Crippen LogP contribution >= 0.6 is 11.6 Å². The molecule has 2 aromatic rings. The Bertz CT molecular complexity index is 599. The minimum Gasteiger partial charge on any atom is -0.350 e. The van der Waals surface area contributed by atoms with Crippen LogP contribution in [0.25, 0.3) is 0 Å². The lowest BCUT2D eigenvalue weighted by atomic mass is 9.84. The Balaban J connectivity index is 2.03. The number of carbonyl (C=O) groups is 1. The zero-order valence-corrected chi connectivity index (χ0v) is 12.2. The zero-order valence-electron chi connectivity index (χ0n) is 11.4. The normalized spacial score (nSPS) is 11.2. The van der Waals surface area contributed by atoms with E-state index < -0.39 is 0 Å². The highest BCUT2D eigenvalue weighted by Gasteiger charge is 2.21. The van der Waals surface area contributed by atoms with Gasteiger partial charge >= 0.3 is 0 Å². The standard InChI is InChI=1S/C15H16ClN3O/c1-15(2,11-6-4-3-5-7-11)10-18-14(20)12-8-17-9-13(16)19-12/h3-9H,10H2,1-2H3,(H,18,20). The minimum atomic E-state index is -0.274. The molecule has 0 unspecified atom stereocenters. The van der Waals surface area contributed by atoms with E-state index in [4.69, 9.17) is 11.6 Å². The first kappa shape index (κ1) is 14.5. The third-order valence-electron chi connectivity index (χ3n) is 3.08. The molecular weight excluding hydrogens is 274 g/mol. The third kappa shape index (κ3) is 3.54. The number of rotatable bonds is 4. The highest BCUT2D eigenvalue weighted by molar-refractivity contribution is 6.29. The second-order valence-electron chi connectivity index (χ2n) is 5.16. The van der Waals surface area contributed by atoms with Gasteiger partial charge in [0.25, 0.3) is 5.91 Å². The van der Waals surface area contributed by atoms with Crippen LogP contribution in [0.3, 0.4) is 0 Å². The van der Waals surface area contributed by atoms with E-state index in [0.717, 1.165) is 5.56 Å². The molecule has 0 aliphatic carbocycles. The van der Waals surface area contributed by atoms with Gasteiger partial charge in [-0.25, -0.2) is 4.98 Å². The summed E-state index contributed by atoms with van der Waals surface area (Å²) in [5.74, 6) is -0.274. The maximum absolute atomic E-state index is 12.0. The van der Waals surface area contributed by atoms with E-state index in [1.54, 1.807) is 0 Å². The number of aromatic nitrogens is 2. The van der Waals surface area contributed by atoms with Gasteiger partial charge in [-0.15, -0.1) is 0 Å². The summed E-state index contributed by atoms with van der Waals surface area (Å²) in [6.07, 6.45) is 2.79. The summed E-state index contributed by atoms with van der Waals surface area (Å²) in [7, 11) is 0. The van der Waals surface area contributed by atoms with E-state index in [1.165, 1.54) is 12.4 Å². The van der Waals surface area contributed by atoms with Crippen LogP contribution in [0.5, 0.6) is 0 Å². The Morgan fingerprint density at radius 3 is 2.60 bits per heavy atom. The quantitative estimate of drug-likeness (QED) is 0.941. The Morgan fingerprint density at radius 1 is 1.25 bits per heavy atom. The van der Waals surface area contributed by atoms with Crippen molar-refractivity contribution in [2.24, 2.45) is 0 Å². The predicted octanol–water partition coefficient (Wildman–Crippen LogP) is 2.84. The summed E-state index contributed by atoms with van der Waals surface area (Å²) < 4.78 is 0. The van der Waals surface area contributed by atoms with Crippen LogP contribution < -0.4 is 5.32 Å². The fourth-order valence-corrected chi connectivity index (χ4v) is 1.98. The van der Waals surface area contributed by atoms with Crippen molar-refractivity contribution in [2.75, 3.05) is 6.54 Å².